The number of piperidine rings is 1. The minimum atomic E-state index is -0.961. The van der Waals surface area contributed by atoms with Gasteiger partial charge in [0.2, 0.25) is 11.9 Å². The second-order valence-corrected chi connectivity index (χ2v) is 7.91. The first kappa shape index (κ1) is 22.1. The van der Waals surface area contributed by atoms with E-state index in [-0.39, 0.29) is 11.9 Å². The number of nitrogens with one attached hydrogen (secondary N) is 3. The molecular formula is C24H26N6O3. The number of anilines is 4. The van der Waals surface area contributed by atoms with Crippen molar-refractivity contribution in [3.63, 3.8) is 0 Å². The maximum atomic E-state index is 11.2. The number of hydrogen-bond acceptors (Lipinski definition) is 6. The van der Waals surface area contributed by atoms with Crippen LogP contribution >= 0.6 is 0 Å². The molecule has 2 amide bonds. The largest absolute Gasteiger partial charge is 0.465 e. The fourth-order valence-corrected chi connectivity index (χ4v) is 3.85. The van der Waals surface area contributed by atoms with Gasteiger partial charge >= 0.3 is 6.09 Å². The van der Waals surface area contributed by atoms with Gasteiger partial charge in [-0.1, -0.05) is 12.1 Å². The number of hydrogen-bond donors (Lipinski definition) is 4. The summed E-state index contributed by atoms with van der Waals surface area (Å²) in [4.78, 5) is 33.2. The Morgan fingerprint density at radius 2 is 1.64 bits per heavy atom. The highest BCUT2D eigenvalue weighted by molar-refractivity contribution is 5.88. The first-order chi connectivity index (χ1) is 16.0. The highest BCUT2D eigenvalue weighted by Gasteiger charge is 2.20. The van der Waals surface area contributed by atoms with Crippen LogP contribution in [-0.2, 0) is 4.79 Å². The second-order valence-electron chi connectivity index (χ2n) is 7.91. The maximum absolute atomic E-state index is 11.2. The number of aromatic nitrogens is 2. The van der Waals surface area contributed by atoms with Crippen molar-refractivity contribution < 1.29 is 14.7 Å². The molecule has 0 bridgehead atoms. The van der Waals surface area contributed by atoms with Crippen LogP contribution in [0.1, 0.15) is 19.8 Å². The molecule has 9 heteroatoms. The van der Waals surface area contributed by atoms with Crippen molar-refractivity contribution >= 4 is 35.0 Å². The zero-order chi connectivity index (χ0) is 23.2. The number of carboxylic acid groups (broad SMARTS) is 1. The summed E-state index contributed by atoms with van der Waals surface area (Å²) < 4.78 is 0. The minimum Gasteiger partial charge on any atom is -0.465 e. The minimum absolute atomic E-state index is 0.0192. The van der Waals surface area contributed by atoms with Crippen molar-refractivity contribution in [1.29, 1.82) is 0 Å². The molecule has 1 aromatic heterocycles. The lowest BCUT2D eigenvalue weighted by Crippen LogP contribution is -2.44. The van der Waals surface area contributed by atoms with E-state index in [2.05, 4.69) is 30.8 Å². The van der Waals surface area contributed by atoms with Gasteiger partial charge < -0.3 is 26.0 Å². The van der Waals surface area contributed by atoms with Gasteiger partial charge in [0.1, 0.15) is 0 Å². The molecule has 33 heavy (non-hydrogen) atoms. The summed E-state index contributed by atoms with van der Waals surface area (Å²) in [6, 6.07) is 17.4. The van der Waals surface area contributed by atoms with Crippen LogP contribution in [0.4, 0.5) is 27.8 Å². The van der Waals surface area contributed by atoms with Crippen LogP contribution < -0.4 is 20.9 Å². The average Bonchev–Trinajstić information content (AvgIpc) is 2.80. The molecule has 1 aliphatic rings. The van der Waals surface area contributed by atoms with Crippen molar-refractivity contribution in [3.8, 4) is 11.3 Å². The maximum Gasteiger partial charge on any atom is 0.404 e. The van der Waals surface area contributed by atoms with E-state index in [1.807, 2.05) is 54.6 Å². The molecule has 2 aromatic carbocycles. The summed E-state index contributed by atoms with van der Waals surface area (Å²) in [5, 5.41) is 17.4. The molecule has 0 radical (unpaired) electrons. The summed E-state index contributed by atoms with van der Waals surface area (Å²) in [6.07, 6.45) is 2.32. The Morgan fingerprint density at radius 3 is 2.27 bits per heavy atom. The zero-order valence-corrected chi connectivity index (χ0v) is 18.3. The molecule has 0 unspecified atom stereocenters. The molecule has 3 aromatic rings. The van der Waals surface area contributed by atoms with Crippen LogP contribution in [0.25, 0.3) is 11.3 Å². The van der Waals surface area contributed by atoms with E-state index in [1.54, 1.807) is 6.20 Å². The molecule has 9 nitrogen and oxygen atoms in total. The number of amides is 2. The van der Waals surface area contributed by atoms with E-state index in [4.69, 9.17) is 5.11 Å². The molecule has 0 spiro atoms. The van der Waals surface area contributed by atoms with Gasteiger partial charge in [-0.2, -0.15) is 0 Å². The smallest absolute Gasteiger partial charge is 0.404 e. The van der Waals surface area contributed by atoms with Crippen LogP contribution in [0.2, 0.25) is 0 Å². The standard InChI is InChI=1S/C24H26N6O3/c1-16(31)26-18-4-2-17(3-5-18)22-10-13-25-23(29-22)27-19-6-8-21(9-7-19)30-14-11-20(12-15-30)28-24(32)33/h2-10,13,20,28H,11-12,14-15H2,1H3,(H,26,31)(H,32,33)(H,25,27,29). The third-order valence-corrected chi connectivity index (χ3v) is 5.47. The Labute approximate surface area is 191 Å². The lowest BCUT2D eigenvalue weighted by atomic mass is 10.0. The van der Waals surface area contributed by atoms with Crippen LogP contribution in [0.5, 0.6) is 0 Å². The van der Waals surface area contributed by atoms with Gasteiger partial charge in [0, 0.05) is 54.9 Å². The Bertz CT molecular complexity index is 1110. The van der Waals surface area contributed by atoms with Gasteiger partial charge in [0.15, 0.2) is 0 Å². The molecule has 1 fully saturated rings. The average molecular weight is 447 g/mol. The van der Waals surface area contributed by atoms with Crippen molar-refractivity contribution in [2.24, 2.45) is 0 Å². The monoisotopic (exact) mass is 446 g/mol. The van der Waals surface area contributed by atoms with Gasteiger partial charge in [0.25, 0.3) is 0 Å². The third-order valence-electron chi connectivity index (χ3n) is 5.47. The summed E-state index contributed by atoms with van der Waals surface area (Å²) in [5.41, 5.74) is 4.41. The second kappa shape index (κ2) is 9.99. The van der Waals surface area contributed by atoms with Gasteiger partial charge in [-0.25, -0.2) is 14.8 Å². The molecule has 4 N–H and O–H groups in total. The Hall–Kier alpha value is -4.14. The van der Waals surface area contributed by atoms with Gasteiger partial charge in [0.05, 0.1) is 5.69 Å². The number of nitrogens with zero attached hydrogens (tertiary/aromatic N) is 3. The van der Waals surface area contributed by atoms with E-state index in [0.29, 0.717) is 5.95 Å². The molecule has 0 atom stereocenters. The number of benzene rings is 2. The summed E-state index contributed by atoms with van der Waals surface area (Å²) in [6.45, 7) is 3.10. The van der Waals surface area contributed by atoms with Crippen molar-refractivity contribution in [2.75, 3.05) is 28.6 Å². The van der Waals surface area contributed by atoms with Crippen LogP contribution in [0, 0.1) is 0 Å². The molecule has 170 valence electrons. The van der Waals surface area contributed by atoms with E-state index in [1.165, 1.54) is 6.92 Å². The molecule has 4 rings (SSSR count). The highest BCUT2D eigenvalue weighted by Crippen LogP contribution is 2.24. The zero-order valence-electron chi connectivity index (χ0n) is 18.3. The van der Waals surface area contributed by atoms with Gasteiger partial charge in [-0.3, -0.25) is 4.79 Å². The predicted octanol–water partition coefficient (Wildman–Crippen LogP) is 4.08. The van der Waals surface area contributed by atoms with Crippen molar-refractivity contribution in [2.45, 2.75) is 25.8 Å². The van der Waals surface area contributed by atoms with Gasteiger partial charge in [-0.05, 0) is 55.3 Å². The van der Waals surface area contributed by atoms with Crippen LogP contribution in [0.3, 0.4) is 0 Å². The predicted molar refractivity (Wildman–Crippen MR) is 128 cm³/mol. The molecule has 0 aliphatic carbocycles. The topological polar surface area (TPSA) is 119 Å². The van der Waals surface area contributed by atoms with E-state index in [0.717, 1.165) is 54.3 Å². The van der Waals surface area contributed by atoms with Crippen molar-refractivity contribution in [3.05, 3.63) is 60.8 Å². The van der Waals surface area contributed by atoms with E-state index in [9.17, 15) is 9.59 Å². The molecule has 1 saturated heterocycles. The summed E-state index contributed by atoms with van der Waals surface area (Å²) in [7, 11) is 0. The highest BCUT2D eigenvalue weighted by atomic mass is 16.4. The van der Waals surface area contributed by atoms with Gasteiger partial charge in [-0.15, -0.1) is 0 Å². The Balaban J connectivity index is 1.38. The normalized spacial score (nSPS) is 13.9. The molecule has 2 heterocycles. The van der Waals surface area contributed by atoms with E-state index >= 15 is 0 Å². The quantitative estimate of drug-likeness (QED) is 0.450. The first-order valence-electron chi connectivity index (χ1n) is 10.8. The number of carbonyl (C=O) groups is 2. The third kappa shape index (κ3) is 5.97. The molecule has 0 saturated carbocycles. The first-order valence-corrected chi connectivity index (χ1v) is 10.8. The lowest BCUT2D eigenvalue weighted by molar-refractivity contribution is -0.114. The summed E-state index contributed by atoms with van der Waals surface area (Å²) >= 11 is 0. The van der Waals surface area contributed by atoms with Crippen molar-refractivity contribution in [1.82, 2.24) is 15.3 Å². The summed E-state index contributed by atoms with van der Waals surface area (Å²) in [5.74, 6) is 0.383. The fourth-order valence-electron chi connectivity index (χ4n) is 3.85. The number of rotatable bonds is 6. The van der Waals surface area contributed by atoms with Crippen LogP contribution in [-0.4, -0.2) is 46.2 Å². The SMILES string of the molecule is CC(=O)Nc1ccc(-c2ccnc(Nc3ccc(N4CCC(NC(=O)O)CC4)cc3)n2)cc1. The lowest BCUT2D eigenvalue weighted by Gasteiger charge is -2.33. The number of carbonyl (C=O) groups excluding carboxylic acids is 1. The molecule has 1 aliphatic heterocycles. The van der Waals surface area contributed by atoms with E-state index < -0.39 is 6.09 Å². The Morgan fingerprint density at radius 1 is 0.970 bits per heavy atom. The van der Waals surface area contributed by atoms with Crippen LogP contribution in [0.15, 0.2) is 60.8 Å². The fraction of sp³-hybridized carbons (Fsp3) is 0.250. The Kier molecular flexibility index (Phi) is 6.68. The molecular weight excluding hydrogens is 420 g/mol.